The van der Waals surface area contributed by atoms with Crippen molar-refractivity contribution in [1.82, 2.24) is 14.9 Å². The van der Waals surface area contributed by atoms with E-state index >= 15 is 0 Å². The lowest BCUT2D eigenvalue weighted by molar-refractivity contribution is 0.0996. The summed E-state index contributed by atoms with van der Waals surface area (Å²) in [5.41, 5.74) is 7.26. The number of carbonyl (C=O) groups is 1. The Labute approximate surface area is 158 Å². The van der Waals surface area contributed by atoms with Crippen LogP contribution >= 0.6 is 0 Å². The molecule has 0 radical (unpaired) electrons. The van der Waals surface area contributed by atoms with Gasteiger partial charge < -0.3 is 25.4 Å². The van der Waals surface area contributed by atoms with E-state index in [1.807, 2.05) is 25.1 Å². The fraction of sp³-hybridized carbons (Fsp3) is 0.421. The number of benzene rings is 1. The Morgan fingerprint density at radius 2 is 2.07 bits per heavy atom. The number of piperidine rings is 1. The van der Waals surface area contributed by atoms with Crippen molar-refractivity contribution >= 4 is 17.5 Å². The van der Waals surface area contributed by atoms with Crippen molar-refractivity contribution in [2.45, 2.75) is 25.9 Å². The van der Waals surface area contributed by atoms with Crippen LogP contribution in [0, 0.1) is 6.92 Å². The molecule has 3 rings (SSSR count). The fourth-order valence-electron chi connectivity index (χ4n) is 3.02. The van der Waals surface area contributed by atoms with E-state index in [2.05, 4.69) is 27.2 Å². The number of nitrogens with one attached hydrogen (secondary N) is 1. The number of nitrogens with two attached hydrogens (primary N) is 1. The third-order valence-corrected chi connectivity index (χ3v) is 4.60. The zero-order valence-corrected chi connectivity index (χ0v) is 15.9. The minimum absolute atomic E-state index is 0.138. The van der Waals surface area contributed by atoms with E-state index in [4.69, 9.17) is 15.2 Å². The van der Waals surface area contributed by atoms with Crippen LogP contribution in [0.2, 0.25) is 0 Å². The van der Waals surface area contributed by atoms with Crippen LogP contribution in [-0.4, -0.2) is 54.1 Å². The molecule has 1 aliphatic heterocycles. The van der Waals surface area contributed by atoms with Gasteiger partial charge >= 0.3 is 0 Å². The lowest BCUT2D eigenvalue weighted by atomic mass is 10.1. The van der Waals surface area contributed by atoms with Gasteiger partial charge in [-0.05, 0) is 50.6 Å². The van der Waals surface area contributed by atoms with Crippen LogP contribution in [0.3, 0.4) is 0 Å². The number of rotatable bonds is 6. The smallest absolute Gasteiger partial charge is 0.255 e. The molecule has 0 spiro atoms. The SMILES string of the molecule is COc1nc(Nc2ccc(OC3CCN(C)CC3)c(C)c2)ncc1C(N)=O. The van der Waals surface area contributed by atoms with Crippen molar-refractivity contribution in [2.75, 3.05) is 32.6 Å². The van der Waals surface area contributed by atoms with Crippen LogP contribution in [-0.2, 0) is 0 Å². The largest absolute Gasteiger partial charge is 0.490 e. The summed E-state index contributed by atoms with van der Waals surface area (Å²) in [6.45, 7) is 4.13. The van der Waals surface area contributed by atoms with Gasteiger partial charge in [-0.15, -0.1) is 0 Å². The Kier molecular flexibility index (Phi) is 5.75. The molecule has 3 N–H and O–H groups in total. The van der Waals surface area contributed by atoms with Crippen molar-refractivity contribution in [2.24, 2.45) is 5.73 Å². The molecule has 144 valence electrons. The van der Waals surface area contributed by atoms with Crippen LogP contribution in [0.15, 0.2) is 24.4 Å². The average Bonchev–Trinajstić information content (AvgIpc) is 2.65. The number of nitrogens with zero attached hydrogens (tertiary/aromatic N) is 3. The maximum Gasteiger partial charge on any atom is 0.255 e. The molecule has 2 aromatic rings. The zero-order valence-electron chi connectivity index (χ0n) is 15.9. The summed E-state index contributed by atoms with van der Waals surface area (Å²) in [6.07, 6.45) is 3.68. The molecule has 1 aliphatic rings. The third-order valence-electron chi connectivity index (χ3n) is 4.60. The summed E-state index contributed by atoms with van der Waals surface area (Å²) in [5.74, 6) is 0.710. The quantitative estimate of drug-likeness (QED) is 0.801. The number of likely N-dealkylation sites (tertiary alicyclic amines) is 1. The Hall–Kier alpha value is -2.87. The second-order valence-corrected chi connectivity index (χ2v) is 6.71. The highest BCUT2D eigenvalue weighted by Gasteiger charge is 2.19. The number of aryl methyl sites for hydroxylation is 1. The fourth-order valence-corrected chi connectivity index (χ4v) is 3.02. The van der Waals surface area contributed by atoms with Gasteiger partial charge in [0.1, 0.15) is 17.4 Å². The van der Waals surface area contributed by atoms with Gasteiger partial charge in [0.15, 0.2) is 0 Å². The summed E-state index contributed by atoms with van der Waals surface area (Å²) < 4.78 is 11.3. The van der Waals surface area contributed by atoms with Gasteiger partial charge in [-0.1, -0.05) is 0 Å². The molecule has 1 saturated heterocycles. The van der Waals surface area contributed by atoms with Gasteiger partial charge in [0.25, 0.3) is 5.91 Å². The number of ether oxygens (including phenoxy) is 2. The number of hydrogen-bond acceptors (Lipinski definition) is 7. The second-order valence-electron chi connectivity index (χ2n) is 6.71. The number of amides is 1. The molecule has 2 heterocycles. The summed E-state index contributed by atoms with van der Waals surface area (Å²) >= 11 is 0. The number of aromatic nitrogens is 2. The van der Waals surface area contributed by atoms with Crippen molar-refractivity contribution in [1.29, 1.82) is 0 Å². The molecule has 27 heavy (non-hydrogen) atoms. The maximum absolute atomic E-state index is 11.3. The molecular formula is C19H25N5O3. The van der Waals surface area contributed by atoms with E-state index in [1.165, 1.54) is 13.3 Å². The minimum atomic E-state index is -0.635. The molecule has 0 saturated carbocycles. The highest BCUT2D eigenvalue weighted by Crippen LogP contribution is 2.27. The summed E-state index contributed by atoms with van der Waals surface area (Å²) in [6, 6.07) is 5.84. The van der Waals surface area contributed by atoms with Crippen LogP contribution < -0.4 is 20.5 Å². The van der Waals surface area contributed by atoms with E-state index in [0.717, 1.165) is 42.9 Å². The van der Waals surface area contributed by atoms with E-state index in [-0.39, 0.29) is 17.5 Å². The van der Waals surface area contributed by atoms with Gasteiger partial charge in [-0.25, -0.2) is 4.98 Å². The molecule has 8 nitrogen and oxygen atoms in total. The molecule has 1 aromatic heterocycles. The van der Waals surface area contributed by atoms with E-state index in [9.17, 15) is 4.79 Å². The van der Waals surface area contributed by atoms with Gasteiger partial charge in [-0.3, -0.25) is 4.79 Å². The standard InChI is InChI=1S/C19H25N5O3/c1-12-10-13(4-5-16(12)27-14-6-8-24(2)9-7-14)22-19-21-11-15(17(20)25)18(23-19)26-3/h4-5,10-11,14H,6-9H2,1-3H3,(H2,20,25)(H,21,22,23). The number of primary amides is 1. The molecule has 0 unspecified atom stereocenters. The monoisotopic (exact) mass is 371 g/mol. The lowest BCUT2D eigenvalue weighted by Crippen LogP contribution is -2.35. The van der Waals surface area contributed by atoms with Crippen LogP contribution in [0.4, 0.5) is 11.6 Å². The highest BCUT2D eigenvalue weighted by molar-refractivity contribution is 5.94. The lowest BCUT2D eigenvalue weighted by Gasteiger charge is -2.29. The predicted molar refractivity (Wildman–Crippen MR) is 103 cm³/mol. The van der Waals surface area contributed by atoms with Gasteiger partial charge in [0.2, 0.25) is 11.8 Å². The predicted octanol–water partition coefficient (Wildman–Crippen LogP) is 2.11. The summed E-state index contributed by atoms with van der Waals surface area (Å²) in [5, 5.41) is 3.11. The number of anilines is 2. The van der Waals surface area contributed by atoms with E-state index in [1.54, 1.807) is 0 Å². The van der Waals surface area contributed by atoms with Crippen molar-refractivity contribution in [3.05, 3.63) is 35.5 Å². The Bertz CT molecular complexity index is 819. The highest BCUT2D eigenvalue weighted by atomic mass is 16.5. The van der Waals surface area contributed by atoms with Gasteiger partial charge in [0.05, 0.1) is 7.11 Å². The molecule has 0 aliphatic carbocycles. The average molecular weight is 371 g/mol. The first-order valence-electron chi connectivity index (χ1n) is 8.90. The van der Waals surface area contributed by atoms with Crippen molar-refractivity contribution in [3.8, 4) is 11.6 Å². The summed E-state index contributed by atoms with van der Waals surface area (Å²) in [4.78, 5) is 22.0. The van der Waals surface area contributed by atoms with E-state index in [0.29, 0.717) is 5.95 Å². The Balaban J connectivity index is 1.69. The minimum Gasteiger partial charge on any atom is -0.490 e. The van der Waals surface area contributed by atoms with Crippen LogP contribution in [0.5, 0.6) is 11.6 Å². The first-order chi connectivity index (χ1) is 13.0. The van der Waals surface area contributed by atoms with Crippen molar-refractivity contribution in [3.63, 3.8) is 0 Å². The topological polar surface area (TPSA) is 103 Å². The second kappa shape index (κ2) is 8.22. The Morgan fingerprint density at radius 1 is 1.33 bits per heavy atom. The number of methoxy groups -OCH3 is 1. The van der Waals surface area contributed by atoms with E-state index < -0.39 is 5.91 Å². The van der Waals surface area contributed by atoms with Crippen LogP contribution in [0.25, 0.3) is 0 Å². The molecule has 1 aromatic carbocycles. The van der Waals surface area contributed by atoms with Crippen molar-refractivity contribution < 1.29 is 14.3 Å². The van der Waals surface area contributed by atoms with Crippen LogP contribution in [0.1, 0.15) is 28.8 Å². The molecule has 0 atom stereocenters. The molecule has 8 heteroatoms. The number of hydrogen-bond donors (Lipinski definition) is 2. The molecular weight excluding hydrogens is 346 g/mol. The molecule has 1 amide bonds. The first-order valence-corrected chi connectivity index (χ1v) is 8.90. The molecule has 1 fully saturated rings. The normalized spacial score (nSPS) is 15.4. The Morgan fingerprint density at radius 3 is 2.70 bits per heavy atom. The zero-order chi connectivity index (χ0) is 19.4. The third kappa shape index (κ3) is 4.65. The molecule has 0 bridgehead atoms. The van der Waals surface area contributed by atoms with Gasteiger partial charge in [-0.2, -0.15) is 4.98 Å². The maximum atomic E-state index is 11.3. The number of carbonyl (C=O) groups excluding carboxylic acids is 1. The first kappa shape index (κ1) is 18.9. The van der Waals surface area contributed by atoms with Gasteiger partial charge in [0, 0.05) is 25.0 Å². The summed E-state index contributed by atoms with van der Waals surface area (Å²) in [7, 11) is 3.56.